The predicted octanol–water partition coefficient (Wildman–Crippen LogP) is -0.0933. The Bertz CT molecular complexity index is 494. The summed E-state index contributed by atoms with van der Waals surface area (Å²) in [5.41, 5.74) is 5.00. The van der Waals surface area contributed by atoms with E-state index in [0.29, 0.717) is 12.3 Å². The Morgan fingerprint density at radius 2 is 2.14 bits per heavy atom. The monoisotopic (exact) mass is 295 g/mol. The molecule has 8 heteroatoms. The van der Waals surface area contributed by atoms with E-state index in [1.807, 2.05) is 0 Å². The Labute approximate surface area is 123 Å². The number of hydrogen-bond acceptors (Lipinski definition) is 6. The molecule has 1 aromatic heterocycles. The smallest absolute Gasteiger partial charge is 0.315 e. The van der Waals surface area contributed by atoms with Crippen LogP contribution >= 0.6 is 0 Å². The van der Waals surface area contributed by atoms with Gasteiger partial charge in [0.25, 0.3) is 0 Å². The van der Waals surface area contributed by atoms with Gasteiger partial charge in [-0.3, -0.25) is 9.59 Å². The number of aromatic nitrogens is 2. The molecule has 0 aromatic carbocycles. The lowest BCUT2D eigenvalue weighted by Crippen LogP contribution is -2.35. The number of primary amides is 1. The number of likely N-dealkylation sites (tertiary alicyclic amines) is 1. The summed E-state index contributed by atoms with van der Waals surface area (Å²) in [5.74, 6) is -0.374. The zero-order chi connectivity index (χ0) is 15.2. The Balaban J connectivity index is 1.71. The van der Waals surface area contributed by atoms with Gasteiger partial charge in [0, 0.05) is 6.42 Å². The molecular weight excluding hydrogens is 274 g/mol. The highest BCUT2D eigenvalue weighted by Gasteiger charge is 2.20. The highest BCUT2D eigenvalue weighted by Crippen LogP contribution is 2.20. The van der Waals surface area contributed by atoms with Crippen molar-refractivity contribution in [3.63, 3.8) is 0 Å². The van der Waals surface area contributed by atoms with Gasteiger partial charge in [-0.15, -0.1) is 0 Å². The number of hydrogen-bond donors (Lipinski definition) is 2. The van der Waals surface area contributed by atoms with Crippen LogP contribution in [0, 0.1) is 5.92 Å². The van der Waals surface area contributed by atoms with Crippen LogP contribution in [-0.2, 0) is 11.3 Å². The van der Waals surface area contributed by atoms with Crippen LogP contribution < -0.4 is 11.1 Å². The van der Waals surface area contributed by atoms with Crippen LogP contribution in [0.4, 0.5) is 0 Å². The third-order valence-electron chi connectivity index (χ3n) is 3.75. The lowest BCUT2D eigenvalue weighted by atomic mass is 9.93. The van der Waals surface area contributed by atoms with Gasteiger partial charge in [-0.05, 0) is 38.4 Å². The van der Waals surface area contributed by atoms with Gasteiger partial charge < -0.3 is 20.5 Å². The summed E-state index contributed by atoms with van der Waals surface area (Å²) in [5, 5.41) is 6.30. The molecule has 21 heavy (non-hydrogen) atoms. The van der Waals surface area contributed by atoms with Crippen LogP contribution in [0.2, 0.25) is 0 Å². The zero-order valence-electron chi connectivity index (χ0n) is 12.2. The van der Waals surface area contributed by atoms with Crippen molar-refractivity contribution in [3.8, 4) is 0 Å². The summed E-state index contributed by atoms with van der Waals surface area (Å²) in [6.07, 6.45) is 2.61. The maximum Gasteiger partial charge on any atom is 0.315 e. The van der Waals surface area contributed by atoms with Crippen molar-refractivity contribution in [1.82, 2.24) is 20.4 Å². The second-order valence-corrected chi connectivity index (χ2v) is 5.24. The first-order valence-electron chi connectivity index (χ1n) is 7.20. The molecule has 0 radical (unpaired) electrons. The van der Waals surface area contributed by atoms with Crippen LogP contribution in [0.1, 0.15) is 42.7 Å². The normalized spacial score (nSPS) is 16.8. The van der Waals surface area contributed by atoms with Gasteiger partial charge in [-0.25, -0.2) is 0 Å². The lowest BCUT2D eigenvalue weighted by Gasteiger charge is -2.30. The van der Waals surface area contributed by atoms with Crippen molar-refractivity contribution < 1.29 is 14.1 Å². The van der Waals surface area contributed by atoms with Gasteiger partial charge in [-0.2, -0.15) is 4.98 Å². The maximum atomic E-state index is 11.9. The first kappa shape index (κ1) is 15.4. The Morgan fingerprint density at radius 3 is 2.71 bits per heavy atom. The van der Waals surface area contributed by atoms with Crippen LogP contribution in [0.15, 0.2) is 4.52 Å². The average Bonchev–Trinajstić information content (AvgIpc) is 2.95. The lowest BCUT2D eigenvalue weighted by molar-refractivity contribution is -0.122. The molecule has 0 spiro atoms. The first-order chi connectivity index (χ1) is 10.1. The van der Waals surface area contributed by atoms with Crippen molar-refractivity contribution >= 4 is 11.8 Å². The molecule has 8 nitrogen and oxygen atoms in total. The first-order valence-corrected chi connectivity index (χ1v) is 7.20. The van der Waals surface area contributed by atoms with Gasteiger partial charge in [-0.1, -0.05) is 12.1 Å². The van der Waals surface area contributed by atoms with Crippen LogP contribution in [0.5, 0.6) is 0 Å². The molecule has 1 saturated heterocycles. The van der Waals surface area contributed by atoms with Crippen LogP contribution in [-0.4, -0.2) is 46.5 Å². The van der Waals surface area contributed by atoms with E-state index in [2.05, 4.69) is 31.8 Å². The maximum absolute atomic E-state index is 11.9. The van der Waals surface area contributed by atoms with Crippen LogP contribution in [0.25, 0.3) is 0 Å². The third-order valence-corrected chi connectivity index (χ3v) is 3.75. The van der Waals surface area contributed by atoms with E-state index in [1.165, 1.54) is 0 Å². The SMILES string of the molecule is CCN1CCC(CC(=O)NCc2noc(C(N)=O)n2)CC1. The number of carbonyl (C=O) groups excluding carboxylic acids is 2. The van der Waals surface area contributed by atoms with Gasteiger partial charge in [0.15, 0.2) is 5.82 Å². The average molecular weight is 295 g/mol. The largest absolute Gasteiger partial charge is 0.361 e. The Kier molecular flexibility index (Phi) is 5.26. The third kappa shape index (κ3) is 4.52. The summed E-state index contributed by atoms with van der Waals surface area (Å²) in [6.45, 7) is 5.48. The number of carbonyl (C=O) groups is 2. The minimum absolute atomic E-state index is 0.0321. The molecule has 1 fully saturated rings. The van der Waals surface area contributed by atoms with Crippen molar-refractivity contribution in [3.05, 3.63) is 11.7 Å². The molecule has 0 bridgehead atoms. The molecule has 1 aliphatic rings. The predicted molar refractivity (Wildman–Crippen MR) is 74.1 cm³/mol. The molecule has 0 aliphatic carbocycles. The van der Waals surface area contributed by atoms with E-state index < -0.39 is 5.91 Å². The van der Waals surface area contributed by atoms with E-state index in [4.69, 9.17) is 5.73 Å². The summed E-state index contributed by atoms with van der Waals surface area (Å²) in [6, 6.07) is 0. The molecule has 116 valence electrons. The van der Waals surface area contributed by atoms with Gasteiger partial charge in [0.05, 0.1) is 6.54 Å². The molecule has 0 saturated carbocycles. The minimum atomic E-state index is -0.775. The zero-order valence-corrected chi connectivity index (χ0v) is 12.2. The molecule has 1 aromatic rings. The van der Waals surface area contributed by atoms with E-state index in [-0.39, 0.29) is 24.2 Å². The molecule has 2 rings (SSSR count). The highest BCUT2D eigenvalue weighted by atomic mass is 16.5. The number of nitrogens with zero attached hydrogens (tertiary/aromatic N) is 3. The highest BCUT2D eigenvalue weighted by molar-refractivity contribution is 5.87. The van der Waals surface area contributed by atoms with Crippen molar-refractivity contribution in [2.75, 3.05) is 19.6 Å². The molecule has 2 heterocycles. The van der Waals surface area contributed by atoms with Crippen molar-refractivity contribution in [2.24, 2.45) is 11.7 Å². The summed E-state index contributed by atoms with van der Waals surface area (Å²) < 4.78 is 4.64. The number of nitrogens with two attached hydrogens (primary N) is 1. The molecule has 0 atom stereocenters. The second kappa shape index (κ2) is 7.16. The van der Waals surface area contributed by atoms with Crippen molar-refractivity contribution in [2.45, 2.75) is 32.7 Å². The van der Waals surface area contributed by atoms with Gasteiger partial charge >= 0.3 is 11.8 Å². The second-order valence-electron chi connectivity index (χ2n) is 5.24. The molecular formula is C13H21N5O3. The number of nitrogens with one attached hydrogen (secondary N) is 1. The number of amides is 2. The Hall–Kier alpha value is -1.96. The van der Waals surface area contributed by atoms with Crippen LogP contribution in [0.3, 0.4) is 0 Å². The standard InChI is InChI=1S/C13H21N5O3/c1-2-18-5-3-9(4-6-18)7-11(19)15-8-10-16-13(12(14)20)21-17-10/h9H,2-8H2,1H3,(H2,14,20)(H,15,19). The number of rotatable bonds is 6. The quantitative estimate of drug-likeness (QED) is 0.758. The van der Waals surface area contributed by atoms with E-state index in [0.717, 1.165) is 32.5 Å². The molecule has 0 unspecified atom stereocenters. The molecule has 3 N–H and O–H groups in total. The summed E-state index contributed by atoms with van der Waals surface area (Å²) >= 11 is 0. The van der Waals surface area contributed by atoms with Gasteiger partial charge in [0.2, 0.25) is 5.91 Å². The van der Waals surface area contributed by atoms with Crippen molar-refractivity contribution in [1.29, 1.82) is 0 Å². The fourth-order valence-corrected chi connectivity index (χ4v) is 2.44. The Morgan fingerprint density at radius 1 is 1.43 bits per heavy atom. The van der Waals surface area contributed by atoms with Gasteiger partial charge in [0.1, 0.15) is 0 Å². The molecule has 1 aliphatic heterocycles. The minimum Gasteiger partial charge on any atom is -0.361 e. The van der Waals surface area contributed by atoms with E-state index in [9.17, 15) is 9.59 Å². The molecule has 2 amide bonds. The summed E-state index contributed by atoms with van der Waals surface area (Å²) in [4.78, 5) is 28.8. The topological polar surface area (TPSA) is 114 Å². The van der Waals surface area contributed by atoms with E-state index in [1.54, 1.807) is 0 Å². The van der Waals surface area contributed by atoms with E-state index >= 15 is 0 Å². The number of piperidine rings is 1. The summed E-state index contributed by atoms with van der Waals surface area (Å²) in [7, 11) is 0. The fourth-order valence-electron chi connectivity index (χ4n) is 2.44. The fraction of sp³-hybridized carbons (Fsp3) is 0.692.